The summed E-state index contributed by atoms with van der Waals surface area (Å²) in [7, 11) is 0. The molecule has 1 aromatic carbocycles. The summed E-state index contributed by atoms with van der Waals surface area (Å²) in [6.45, 7) is 4.22. The zero-order valence-corrected chi connectivity index (χ0v) is 10.3. The fraction of sp³-hybridized carbons (Fsp3) is 0.462. The van der Waals surface area contributed by atoms with Crippen LogP contribution >= 0.6 is 0 Å². The predicted molar refractivity (Wildman–Crippen MR) is 67.2 cm³/mol. The zero-order valence-electron chi connectivity index (χ0n) is 10.3. The lowest BCUT2D eigenvalue weighted by Gasteiger charge is -2.10. The first-order chi connectivity index (χ1) is 8.04. The van der Waals surface area contributed by atoms with Crippen LogP contribution in [0.4, 0.5) is 10.1 Å². The van der Waals surface area contributed by atoms with Crippen LogP contribution < -0.4 is 11.1 Å². The quantitative estimate of drug-likeness (QED) is 0.827. The number of halogens is 1. The van der Waals surface area contributed by atoms with Crippen LogP contribution in [-0.4, -0.2) is 12.5 Å². The van der Waals surface area contributed by atoms with Gasteiger partial charge in [0.2, 0.25) is 5.91 Å². The molecule has 0 spiro atoms. The van der Waals surface area contributed by atoms with Gasteiger partial charge in [-0.05, 0) is 37.9 Å². The third-order valence-electron chi connectivity index (χ3n) is 2.81. The molecule has 0 bridgehead atoms. The maximum absolute atomic E-state index is 13.2. The van der Waals surface area contributed by atoms with Crippen LogP contribution in [-0.2, 0) is 4.79 Å². The van der Waals surface area contributed by atoms with Crippen LogP contribution in [0.15, 0.2) is 18.2 Å². The van der Waals surface area contributed by atoms with Crippen molar-refractivity contribution in [3.63, 3.8) is 0 Å². The average Bonchev–Trinajstić information content (AvgIpc) is 2.32. The van der Waals surface area contributed by atoms with E-state index in [0.29, 0.717) is 30.1 Å². The van der Waals surface area contributed by atoms with Gasteiger partial charge in [-0.3, -0.25) is 4.79 Å². The zero-order chi connectivity index (χ0) is 12.8. The third kappa shape index (κ3) is 4.15. The Balaban J connectivity index is 2.54. The smallest absolute Gasteiger partial charge is 0.224 e. The molecule has 1 aromatic rings. The van der Waals surface area contributed by atoms with Crippen molar-refractivity contribution >= 4 is 11.6 Å². The summed E-state index contributed by atoms with van der Waals surface area (Å²) in [6, 6.07) is 4.66. The van der Waals surface area contributed by atoms with Crippen LogP contribution in [0.5, 0.6) is 0 Å². The van der Waals surface area contributed by atoms with Crippen molar-refractivity contribution in [2.75, 3.05) is 11.9 Å². The van der Waals surface area contributed by atoms with Gasteiger partial charge >= 0.3 is 0 Å². The number of amides is 1. The summed E-state index contributed by atoms with van der Waals surface area (Å²) in [6.07, 6.45) is 1.16. The molecule has 1 amide bonds. The number of hydrogen-bond donors (Lipinski definition) is 2. The van der Waals surface area contributed by atoms with Gasteiger partial charge < -0.3 is 11.1 Å². The molecule has 94 valence electrons. The molecule has 1 atom stereocenters. The van der Waals surface area contributed by atoms with Gasteiger partial charge in [-0.2, -0.15) is 0 Å². The lowest BCUT2D eigenvalue weighted by Crippen LogP contribution is -2.17. The molecule has 3 N–H and O–H groups in total. The van der Waals surface area contributed by atoms with Gasteiger partial charge in [-0.15, -0.1) is 0 Å². The first-order valence-electron chi connectivity index (χ1n) is 5.79. The Morgan fingerprint density at radius 3 is 2.88 bits per heavy atom. The highest BCUT2D eigenvalue weighted by Crippen LogP contribution is 2.18. The minimum atomic E-state index is -0.307. The van der Waals surface area contributed by atoms with Crippen molar-refractivity contribution in [1.82, 2.24) is 0 Å². The number of carbonyl (C=O) groups excluding carboxylic acids is 1. The highest BCUT2D eigenvalue weighted by Gasteiger charge is 2.08. The first kappa shape index (κ1) is 13.6. The Bertz CT molecular complexity index is 393. The largest absolute Gasteiger partial charge is 0.330 e. The van der Waals surface area contributed by atoms with Crippen LogP contribution in [0, 0.1) is 18.7 Å². The Hall–Kier alpha value is -1.42. The molecule has 1 unspecified atom stereocenters. The topological polar surface area (TPSA) is 55.1 Å². The van der Waals surface area contributed by atoms with E-state index < -0.39 is 0 Å². The summed E-state index contributed by atoms with van der Waals surface area (Å²) in [5.41, 5.74) is 6.48. The Morgan fingerprint density at radius 1 is 1.53 bits per heavy atom. The summed E-state index contributed by atoms with van der Waals surface area (Å²) in [4.78, 5) is 11.6. The van der Waals surface area contributed by atoms with E-state index in [0.717, 1.165) is 6.42 Å². The van der Waals surface area contributed by atoms with Crippen LogP contribution in [0.2, 0.25) is 0 Å². The number of rotatable bonds is 5. The normalized spacial score (nSPS) is 12.2. The highest BCUT2D eigenvalue weighted by molar-refractivity contribution is 5.91. The summed E-state index contributed by atoms with van der Waals surface area (Å²) >= 11 is 0. The molecule has 17 heavy (non-hydrogen) atoms. The van der Waals surface area contributed by atoms with Crippen molar-refractivity contribution < 1.29 is 9.18 Å². The number of carbonyl (C=O) groups is 1. The Labute approximate surface area is 101 Å². The maximum atomic E-state index is 13.2. The third-order valence-corrected chi connectivity index (χ3v) is 2.81. The van der Waals surface area contributed by atoms with Gasteiger partial charge in [0.1, 0.15) is 5.82 Å². The molecule has 0 saturated heterocycles. The number of hydrogen-bond acceptors (Lipinski definition) is 2. The molecule has 0 radical (unpaired) electrons. The molecule has 0 aromatic heterocycles. The van der Waals surface area contributed by atoms with Gasteiger partial charge in [-0.1, -0.05) is 13.0 Å². The molecule has 1 rings (SSSR count). The van der Waals surface area contributed by atoms with Gasteiger partial charge in [0.15, 0.2) is 0 Å². The summed E-state index contributed by atoms with van der Waals surface area (Å²) in [5.74, 6) is -0.0773. The minimum Gasteiger partial charge on any atom is -0.330 e. The number of nitrogens with one attached hydrogen (secondary N) is 1. The molecule has 0 fully saturated rings. The fourth-order valence-electron chi connectivity index (χ4n) is 1.45. The van der Waals surface area contributed by atoms with E-state index in [1.54, 1.807) is 19.1 Å². The monoisotopic (exact) mass is 238 g/mol. The molecular formula is C13H19FN2O. The minimum absolute atomic E-state index is 0.0981. The van der Waals surface area contributed by atoms with Crippen molar-refractivity contribution in [2.45, 2.75) is 26.7 Å². The fourth-order valence-corrected chi connectivity index (χ4v) is 1.45. The van der Waals surface area contributed by atoms with Gasteiger partial charge in [-0.25, -0.2) is 4.39 Å². The van der Waals surface area contributed by atoms with E-state index in [1.807, 2.05) is 6.92 Å². The Morgan fingerprint density at radius 2 is 2.24 bits per heavy atom. The molecule has 0 aliphatic carbocycles. The van der Waals surface area contributed by atoms with Crippen molar-refractivity contribution in [1.29, 1.82) is 0 Å². The predicted octanol–water partition coefficient (Wildman–Crippen LogP) is 2.45. The van der Waals surface area contributed by atoms with E-state index in [-0.39, 0.29) is 11.7 Å². The molecule has 0 heterocycles. The number of nitrogens with two attached hydrogens (primary N) is 1. The maximum Gasteiger partial charge on any atom is 0.224 e. The summed E-state index contributed by atoms with van der Waals surface area (Å²) < 4.78 is 13.2. The van der Waals surface area contributed by atoms with Gasteiger partial charge in [0.25, 0.3) is 0 Å². The van der Waals surface area contributed by atoms with E-state index >= 15 is 0 Å². The van der Waals surface area contributed by atoms with Crippen molar-refractivity contribution in [3.05, 3.63) is 29.6 Å². The number of anilines is 1. The SMILES string of the molecule is Cc1c(F)cccc1NC(=O)CCC(C)CN. The van der Waals surface area contributed by atoms with Crippen LogP contribution in [0.3, 0.4) is 0 Å². The second kappa shape index (κ2) is 6.35. The van der Waals surface area contributed by atoms with E-state index in [4.69, 9.17) is 5.73 Å². The molecule has 0 aliphatic rings. The second-order valence-electron chi connectivity index (χ2n) is 4.34. The van der Waals surface area contributed by atoms with Crippen LogP contribution in [0.25, 0.3) is 0 Å². The first-order valence-corrected chi connectivity index (χ1v) is 5.79. The van der Waals surface area contributed by atoms with E-state index in [2.05, 4.69) is 5.32 Å². The molecule has 3 nitrogen and oxygen atoms in total. The standard InChI is InChI=1S/C13H19FN2O/c1-9(8-15)6-7-13(17)16-12-5-3-4-11(14)10(12)2/h3-5,9H,6-8,15H2,1-2H3,(H,16,17). The number of benzene rings is 1. The Kier molecular flexibility index (Phi) is 5.10. The summed E-state index contributed by atoms with van der Waals surface area (Å²) in [5, 5.41) is 2.71. The lowest BCUT2D eigenvalue weighted by molar-refractivity contribution is -0.116. The van der Waals surface area contributed by atoms with Crippen molar-refractivity contribution in [3.8, 4) is 0 Å². The van der Waals surface area contributed by atoms with E-state index in [1.165, 1.54) is 6.07 Å². The molecule has 0 saturated carbocycles. The van der Waals surface area contributed by atoms with Crippen LogP contribution in [0.1, 0.15) is 25.3 Å². The second-order valence-corrected chi connectivity index (χ2v) is 4.34. The average molecular weight is 238 g/mol. The molecule has 0 aliphatic heterocycles. The van der Waals surface area contributed by atoms with Gasteiger partial charge in [0, 0.05) is 17.7 Å². The highest BCUT2D eigenvalue weighted by atomic mass is 19.1. The van der Waals surface area contributed by atoms with Crippen molar-refractivity contribution in [2.24, 2.45) is 11.7 Å². The lowest BCUT2D eigenvalue weighted by atomic mass is 10.1. The van der Waals surface area contributed by atoms with E-state index in [9.17, 15) is 9.18 Å². The molecule has 4 heteroatoms. The molecular weight excluding hydrogens is 219 g/mol. The van der Waals surface area contributed by atoms with Gasteiger partial charge in [0.05, 0.1) is 0 Å².